The molecular formula is C20H26ClN3O. The predicted molar refractivity (Wildman–Crippen MR) is 104 cm³/mol. The van der Waals surface area contributed by atoms with Gasteiger partial charge in [-0.1, -0.05) is 42.5 Å². The standard InChI is InChI=1S/C20H25N3O.ClH/c1-16-14-22(15-18-5-3-2-4-6-18)11-12-23(16)20(24)19-9-7-17(13-21)8-10-19;/h2-10,16H,11-15,21H2,1H3;1H. The largest absolute Gasteiger partial charge is 0.333 e. The minimum absolute atomic E-state index is 0. The SMILES string of the molecule is CC1CN(Cc2ccccc2)CCN1C(=O)c1ccc(CN)cc1.Cl. The van der Waals surface area contributed by atoms with E-state index in [0.717, 1.165) is 37.3 Å². The maximum Gasteiger partial charge on any atom is 0.254 e. The molecule has 0 aliphatic carbocycles. The van der Waals surface area contributed by atoms with Gasteiger partial charge < -0.3 is 10.6 Å². The van der Waals surface area contributed by atoms with Crippen LogP contribution in [-0.2, 0) is 13.1 Å². The third-order valence-corrected chi connectivity index (χ3v) is 4.66. The first-order valence-electron chi connectivity index (χ1n) is 8.53. The molecule has 0 spiro atoms. The molecule has 134 valence electrons. The lowest BCUT2D eigenvalue weighted by Crippen LogP contribution is -2.53. The van der Waals surface area contributed by atoms with E-state index in [2.05, 4.69) is 36.1 Å². The Hall–Kier alpha value is -1.88. The van der Waals surface area contributed by atoms with E-state index in [4.69, 9.17) is 5.73 Å². The minimum atomic E-state index is 0. The van der Waals surface area contributed by atoms with Crippen LogP contribution < -0.4 is 5.73 Å². The quantitative estimate of drug-likeness (QED) is 0.913. The second-order valence-corrected chi connectivity index (χ2v) is 6.47. The van der Waals surface area contributed by atoms with Crippen LogP contribution in [0.3, 0.4) is 0 Å². The van der Waals surface area contributed by atoms with E-state index in [0.29, 0.717) is 6.54 Å². The molecule has 0 aromatic heterocycles. The first-order chi connectivity index (χ1) is 11.7. The maximum atomic E-state index is 12.8. The summed E-state index contributed by atoms with van der Waals surface area (Å²) in [5.74, 6) is 0.116. The van der Waals surface area contributed by atoms with Gasteiger partial charge in [0.25, 0.3) is 5.91 Å². The fourth-order valence-corrected chi connectivity index (χ4v) is 3.27. The van der Waals surface area contributed by atoms with Crippen LogP contribution in [-0.4, -0.2) is 41.4 Å². The van der Waals surface area contributed by atoms with E-state index >= 15 is 0 Å². The zero-order valence-electron chi connectivity index (χ0n) is 14.6. The fourth-order valence-electron chi connectivity index (χ4n) is 3.27. The Morgan fingerprint density at radius 2 is 1.72 bits per heavy atom. The Bertz CT molecular complexity index is 675. The summed E-state index contributed by atoms with van der Waals surface area (Å²) in [7, 11) is 0. The summed E-state index contributed by atoms with van der Waals surface area (Å²) in [5, 5.41) is 0. The van der Waals surface area contributed by atoms with E-state index in [1.54, 1.807) is 0 Å². The molecule has 1 amide bonds. The molecule has 1 heterocycles. The first kappa shape index (κ1) is 19.4. The van der Waals surface area contributed by atoms with Crippen LogP contribution >= 0.6 is 12.4 Å². The van der Waals surface area contributed by atoms with Gasteiger partial charge in [0, 0.05) is 44.3 Å². The summed E-state index contributed by atoms with van der Waals surface area (Å²) >= 11 is 0. The number of benzene rings is 2. The molecule has 0 saturated carbocycles. The molecule has 2 aromatic rings. The highest BCUT2D eigenvalue weighted by Crippen LogP contribution is 2.16. The first-order valence-corrected chi connectivity index (χ1v) is 8.53. The molecule has 1 aliphatic heterocycles. The molecule has 5 heteroatoms. The fraction of sp³-hybridized carbons (Fsp3) is 0.350. The van der Waals surface area contributed by atoms with Crippen LogP contribution in [0.2, 0.25) is 0 Å². The monoisotopic (exact) mass is 359 g/mol. The molecule has 1 saturated heterocycles. The normalized spacial score (nSPS) is 17.8. The molecule has 25 heavy (non-hydrogen) atoms. The van der Waals surface area contributed by atoms with Crippen molar-refractivity contribution in [3.05, 3.63) is 71.3 Å². The highest BCUT2D eigenvalue weighted by molar-refractivity contribution is 5.94. The Balaban J connectivity index is 0.00000225. The Morgan fingerprint density at radius 1 is 1.04 bits per heavy atom. The van der Waals surface area contributed by atoms with Gasteiger partial charge in [-0.25, -0.2) is 0 Å². The van der Waals surface area contributed by atoms with Gasteiger partial charge in [0.1, 0.15) is 0 Å². The van der Waals surface area contributed by atoms with Gasteiger partial charge in [0.15, 0.2) is 0 Å². The zero-order chi connectivity index (χ0) is 16.9. The van der Waals surface area contributed by atoms with Crippen LogP contribution in [0, 0.1) is 0 Å². The second kappa shape index (κ2) is 8.99. The van der Waals surface area contributed by atoms with Gasteiger partial charge in [-0.15, -0.1) is 12.4 Å². The molecule has 2 aromatic carbocycles. The van der Waals surface area contributed by atoms with Gasteiger partial charge in [-0.05, 0) is 30.2 Å². The smallest absolute Gasteiger partial charge is 0.254 e. The van der Waals surface area contributed by atoms with Gasteiger partial charge >= 0.3 is 0 Å². The van der Waals surface area contributed by atoms with E-state index in [-0.39, 0.29) is 24.4 Å². The molecule has 1 aliphatic rings. The predicted octanol–water partition coefficient (Wildman–Crippen LogP) is 2.91. The van der Waals surface area contributed by atoms with Crippen molar-refractivity contribution in [2.24, 2.45) is 5.73 Å². The molecule has 1 fully saturated rings. The van der Waals surface area contributed by atoms with Gasteiger partial charge in [0.05, 0.1) is 0 Å². The average Bonchev–Trinajstić information content (AvgIpc) is 2.62. The third kappa shape index (κ3) is 4.82. The highest BCUT2D eigenvalue weighted by atomic mass is 35.5. The molecule has 0 bridgehead atoms. The van der Waals surface area contributed by atoms with Crippen LogP contribution in [0.25, 0.3) is 0 Å². The summed E-state index contributed by atoms with van der Waals surface area (Å²) in [6.45, 7) is 6.16. The summed E-state index contributed by atoms with van der Waals surface area (Å²) in [6.07, 6.45) is 0. The van der Waals surface area contributed by atoms with Crippen molar-refractivity contribution in [2.45, 2.75) is 26.1 Å². The molecule has 2 N–H and O–H groups in total. The molecule has 0 radical (unpaired) electrons. The number of carbonyl (C=O) groups excluding carboxylic acids is 1. The van der Waals surface area contributed by atoms with Crippen molar-refractivity contribution < 1.29 is 4.79 Å². The van der Waals surface area contributed by atoms with Crippen molar-refractivity contribution >= 4 is 18.3 Å². The summed E-state index contributed by atoms with van der Waals surface area (Å²) in [6, 6.07) is 18.3. The second-order valence-electron chi connectivity index (χ2n) is 6.47. The van der Waals surface area contributed by atoms with E-state index in [1.165, 1.54) is 5.56 Å². The van der Waals surface area contributed by atoms with Gasteiger partial charge in [-0.2, -0.15) is 0 Å². The lowest BCUT2D eigenvalue weighted by Gasteiger charge is -2.40. The highest BCUT2D eigenvalue weighted by Gasteiger charge is 2.27. The van der Waals surface area contributed by atoms with Crippen molar-refractivity contribution in [1.29, 1.82) is 0 Å². The molecule has 3 rings (SSSR count). The van der Waals surface area contributed by atoms with Crippen LogP contribution in [0.4, 0.5) is 0 Å². The number of nitrogens with two attached hydrogens (primary N) is 1. The van der Waals surface area contributed by atoms with Crippen molar-refractivity contribution in [3.63, 3.8) is 0 Å². The number of halogens is 1. The topological polar surface area (TPSA) is 49.6 Å². The summed E-state index contributed by atoms with van der Waals surface area (Å²) < 4.78 is 0. The van der Waals surface area contributed by atoms with Gasteiger partial charge in [0.2, 0.25) is 0 Å². The van der Waals surface area contributed by atoms with Crippen LogP contribution in [0.1, 0.15) is 28.4 Å². The number of nitrogens with zero attached hydrogens (tertiary/aromatic N) is 2. The van der Waals surface area contributed by atoms with Crippen molar-refractivity contribution in [2.75, 3.05) is 19.6 Å². The van der Waals surface area contributed by atoms with E-state index in [1.807, 2.05) is 35.2 Å². The third-order valence-electron chi connectivity index (χ3n) is 4.66. The van der Waals surface area contributed by atoms with E-state index in [9.17, 15) is 4.79 Å². The number of rotatable bonds is 4. The number of hydrogen-bond acceptors (Lipinski definition) is 3. The maximum absolute atomic E-state index is 12.8. The summed E-state index contributed by atoms with van der Waals surface area (Å²) in [4.78, 5) is 17.2. The number of carbonyl (C=O) groups is 1. The lowest BCUT2D eigenvalue weighted by atomic mass is 10.1. The van der Waals surface area contributed by atoms with Crippen LogP contribution in [0.5, 0.6) is 0 Å². The Labute approximate surface area is 156 Å². The zero-order valence-corrected chi connectivity index (χ0v) is 15.4. The minimum Gasteiger partial charge on any atom is -0.333 e. The number of hydrogen-bond donors (Lipinski definition) is 1. The molecule has 4 nitrogen and oxygen atoms in total. The van der Waals surface area contributed by atoms with Crippen molar-refractivity contribution in [3.8, 4) is 0 Å². The lowest BCUT2D eigenvalue weighted by molar-refractivity contribution is 0.0475. The van der Waals surface area contributed by atoms with E-state index < -0.39 is 0 Å². The number of piperazine rings is 1. The molecule has 1 unspecified atom stereocenters. The van der Waals surface area contributed by atoms with Crippen LogP contribution in [0.15, 0.2) is 54.6 Å². The average molecular weight is 360 g/mol. The van der Waals surface area contributed by atoms with Gasteiger partial charge in [-0.3, -0.25) is 9.69 Å². The Kier molecular flexibility index (Phi) is 7.00. The van der Waals surface area contributed by atoms with Crippen molar-refractivity contribution in [1.82, 2.24) is 9.80 Å². The number of amides is 1. The molecular weight excluding hydrogens is 334 g/mol. The molecule has 1 atom stereocenters. The summed E-state index contributed by atoms with van der Waals surface area (Å²) in [5.41, 5.74) is 8.73. The Morgan fingerprint density at radius 3 is 2.32 bits per heavy atom.